The van der Waals surface area contributed by atoms with Gasteiger partial charge in [0.05, 0.1) is 6.61 Å². The molecular formula is C15H26IN3O. The van der Waals surface area contributed by atoms with E-state index in [-0.39, 0.29) is 24.0 Å². The molecule has 4 nitrogen and oxygen atoms in total. The van der Waals surface area contributed by atoms with Crippen LogP contribution in [0.1, 0.15) is 12.5 Å². The molecule has 0 spiro atoms. The molecule has 0 saturated carbocycles. The molecule has 1 rings (SSSR count). The molecule has 114 valence electrons. The third kappa shape index (κ3) is 6.45. The Kier molecular flexibility index (Phi) is 9.37. The maximum Gasteiger partial charge on any atom is 0.195 e. The van der Waals surface area contributed by atoms with Gasteiger partial charge in [0, 0.05) is 34.7 Å². The lowest BCUT2D eigenvalue weighted by Gasteiger charge is -2.22. The molecule has 0 heterocycles. The van der Waals surface area contributed by atoms with Gasteiger partial charge < -0.3 is 14.5 Å². The molecule has 0 unspecified atom stereocenters. The third-order valence-corrected chi connectivity index (χ3v) is 2.66. The fourth-order valence-corrected chi connectivity index (χ4v) is 1.93. The summed E-state index contributed by atoms with van der Waals surface area (Å²) in [5.41, 5.74) is 1.26. The number of rotatable bonds is 5. The number of guanidine groups is 1. The van der Waals surface area contributed by atoms with Gasteiger partial charge in [0.1, 0.15) is 5.75 Å². The quantitative estimate of drug-likeness (QED) is 0.439. The van der Waals surface area contributed by atoms with Crippen molar-refractivity contribution in [3.05, 3.63) is 29.8 Å². The summed E-state index contributed by atoms with van der Waals surface area (Å²) in [6, 6.07) is 8.22. The van der Waals surface area contributed by atoms with Crippen LogP contribution in [0, 0.1) is 0 Å². The first-order chi connectivity index (χ1) is 9.04. The lowest BCUT2D eigenvalue weighted by molar-refractivity contribution is 0.340. The van der Waals surface area contributed by atoms with Crippen molar-refractivity contribution in [3.8, 4) is 5.75 Å². The molecule has 0 fully saturated rings. The molecule has 20 heavy (non-hydrogen) atoms. The first kappa shape index (κ1) is 19.0. The van der Waals surface area contributed by atoms with Gasteiger partial charge in [-0.15, -0.1) is 24.0 Å². The summed E-state index contributed by atoms with van der Waals surface area (Å²) >= 11 is 0. The highest BCUT2D eigenvalue weighted by molar-refractivity contribution is 14.0. The van der Waals surface area contributed by atoms with Crippen molar-refractivity contribution in [2.45, 2.75) is 13.3 Å². The van der Waals surface area contributed by atoms with Crippen LogP contribution in [0.25, 0.3) is 0 Å². The van der Waals surface area contributed by atoms with Gasteiger partial charge in [0.15, 0.2) is 5.96 Å². The van der Waals surface area contributed by atoms with Crippen molar-refractivity contribution >= 4 is 29.9 Å². The van der Waals surface area contributed by atoms with Gasteiger partial charge in [-0.2, -0.15) is 0 Å². The molecular weight excluding hydrogens is 365 g/mol. The molecule has 1 aromatic carbocycles. The zero-order valence-electron chi connectivity index (χ0n) is 13.1. The van der Waals surface area contributed by atoms with Crippen LogP contribution in [0.5, 0.6) is 5.75 Å². The van der Waals surface area contributed by atoms with Gasteiger partial charge in [0.2, 0.25) is 0 Å². The minimum atomic E-state index is 0. The van der Waals surface area contributed by atoms with Crippen LogP contribution in [0.3, 0.4) is 0 Å². The van der Waals surface area contributed by atoms with E-state index in [1.54, 1.807) is 0 Å². The summed E-state index contributed by atoms with van der Waals surface area (Å²) in [4.78, 5) is 8.67. The highest BCUT2D eigenvalue weighted by Gasteiger charge is 2.03. The van der Waals surface area contributed by atoms with Crippen molar-refractivity contribution in [1.82, 2.24) is 9.80 Å². The van der Waals surface area contributed by atoms with Crippen LogP contribution in [-0.2, 0) is 6.42 Å². The van der Waals surface area contributed by atoms with Gasteiger partial charge in [-0.25, -0.2) is 0 Å². The van der Waals surface area contributed by atoms with E-state index < -0.39 is 0 Å². The topological polar surface area (TPSA) is 28.1 Å². The Bertz CT molecular complexity index is 409. The maximum atomic E-state index is 5.50. The Labute approximate surface area is 139 Å². The number of hydrogen-bond acceptors (Lipinski definition) is 2. The summed E-state index contributed by atoms with van der Waals surface area (Å²) in [6.45, 7) is 3.48. The molecule has 0 bridgehead atoms. The van der Waals surface area contributed by atoms with Crippen LogP contribution in [-0.4, -0.2) is 57.1 Å². The van der Waals surface area contributed by atoms with E-state index in [0.717, 1.165) is 24.7 Å². The Morgan fingerprint density at radius 1 is 1.15 bits per heavy atom. The summed E-state index contributed by atoms with van der Waals surface area (Å²) in [5, 5.41) is 0. The molecule has 0 atom stereocenters. The summed E-state index contributed by atoms with van der Waals surface area (Å²) in [7, 11) is 8.03. The fraction of sp³-hybridized carbons (Fsp3) is 0.533. The average Bonchev–Trinajstić information content (AvgIpc) is 2.34. The predicted molar refractivity (Wildman–Crippen MR) is 96.4 cm³/mol. The normalized spacial score (nSPS) is 9.45. The van der Waals surface area contributed by atoms with Gasteiger partial charge in [-0.1, -0.05) is 12.1 Å². The van der Waals surface area contributed by atoms with E-state index in [2.05, 4.69) is 17.1 Å². The number of nitrogens with zero attached hydrogens (tertiary/aromatic N) is 3. The number of halogens is 1. The summed E-state index contributed by atoms with van der Waals surface area (Å²) < 4.78 is 5.50. The standard InChI is InChI=1S/C15H25N3O.HI/c1-6-19-14-9-7-8-13(12-14)10-11-16-15(17(2)3)18(4)5;/h7-9,12H,6,10-11H2,1-5H3;1H. The Balaban J connectivity index is 0.00000361. The minimum Gasteiger partial charge on any atom is -0.494 e. The van der Waals surface area contributed by atoms with Crippen LogP contribution in [0.4, 0.5) is 0 Å². The number of benzene rings is 1. The number of aliphatic imine (C=N–C) groups is 1. The molecule has 0 aromatic heterocycles. The Morgan fingerprint density at radius 2 is 1.80 bits per heavy atom. The number of hydrogen-bond donors (Lipinski definition) is 0. The molecule has 0 radical (unpaired) electrons. The fourth-order valence-electron chi connectivity index (χ4n) is 1.93. The molecule has 0 N–H and O–H groups in total. The highest BCUT2D eigenvalue weighted by atomic mass is 127. The lowest BCUT2D eigenvalue weighted by atomic mass is 10.1. The molecule has 0 saturated heterocycles. The van der Waals surface area contributed by atoms with Gasteiger partial charge >= 0.3 is 0 Å². The van der Waals surface area contributed by atoms with Crippen molar-refractivity contribution in [1.29, 1.82) is 0 Å². The van der Waals surface area contributed by atoms with Crippen LogP contribution >= 0.6 is 24.0 Å². The van der Waals surface area contributed by atoms with Crippen molar-refractivity contribution in [2.24, 2.45) is 4.99 Å². The second-order valence-electron chi connectivity index (χ2n) is 4.80. The molecule has 1 aromatic rings. The molecule has 0 aliphatic heterocycles. The van der Waals surface area contributed by atoms with Gasteiger partial charge in [-0.3, -0.25) is 4.99 Å². The van der Waals surface area contributed by atoms with E-state index in [9.17, 15) is 0 Å². The van der Waals surface area contributed by atoms with E-state index in [1.165, 1.54) is 5.56 Å². The summed E-state index contributed by atoms with van der Waals surface area (Å²) in [6.07, 6.45) is 0.923. The molecule has 0 aliphatic carbocycles. The highest BCUT2D eigenvalue weighted by Crippen LogP contribution is 2.13. The van der Waals surface area contributed by atoms with Crippen molar-refractivity contribution in [3.63, 3.8) is 0 Å². The minimum absolute atomic E-state index is 0. The van der Waals surface area contributed by atoms with Gasteiger partial charge in [0.25, 0.3) is 0 Å². The van der Waals surface area contributed by atoms with E-state index >= 15 is 0 Å². The van der Waals surface area contributed by atoms with Crippen LogP contribution in [0.2, 0.25) is 0 Å². The molecule has 0 aliphatic rings. The predicted octanol–water partition coefficient (Wildman–Crippen LogP) is 2.73. The first-order valence-electron chi connectivity index (χ1n) is 6.65. The lowest BCUT2D eigenvalue weighted by Crippen LogP contribution is -2.35. The smallest absolute Gasteiger partial charge is 0.195 e. The second-order valence-corrected chi connectivity index (χ2v) is 4.80. The van der Waals surface area contributed by atoms with Crippen molar-refractivity contribution < 1.29 is 4.74 Å². The van der Waals surface area contributed by atoms with Crippen LogP contribution in [0.15, 0.2) is 29.3 Å². The monoisotopic (exact) mass is 391 g/mol. The second kappa shape index (κ2) is 9.85. The van der Waals surface area contributed by atoms with E-state index in [0.29, 0.717) is 6.61 Å². The zero-order valence-corrected chi connectivity index (χ0v) is 15.4. The third-order valence-electron chi connectivity index (χ3n) is 2.66. The zero-order chi connectivity index (χ0) is 14.3. The average molecular weight is 391 g/mol. The summed E-state index contributed by atoms with van der Waals surface area (Å²) in [5.74, 6) is 1.92. The SMILES string of the molecule is CCOc1cccc(CCN=C(N(C)C)N(C)C)c1.I. The van der Waals surface area contributed by atoms with Crippen molar-refractivity contribution in [2.75, 3.05) is 41.3 Å². The Hall–Kier alpha value is -0.980. The first-order valence-corrected chi connectivity index (χ1v) is 6.65. The molecule has 0 amide bonds. The largest absolute Gasteiger partial charge is 0.494 e. The molecule has 5 heteroatoms. The maximum absolute atomic E-state index is 5.50. The van der Waals surface area contributed by atoms with E-state index in [1.807, 2.05) is 57.0 Å². The van der Waals surface area contributed by atoms with Crippen LogP contribution < -0.4 is 4.74 Å². The van der Waals surface area contributed by atoms with E-state index in [4.69, 9.17) is 4.74 Å². The van der Waals surface area contributed by atoms with Gasteiger partial charge in [-0.05, 0) is 31.0 Å². The Morgan fingerprint density at radius 3 is 2.35 bits per heavy atom. The number of ether oxygens (including phenoxy) is 1.